The second-order valence-corrected chi connectivity index (χ2v) is 5.60. The minimum Gasteiger partial charge on any atom is -0.334 e. The Morgan fingerprint density at radius 2 is 1.78 bits per heavy atom. The first-order chi connectivity index (χ1) is 12.9. The number of hydrogen-bond acceptors (Lipinski definition) is 3. The molecular weight excluding hydrogens is 357 g/mol. The van der Waals surface area contributed by atoms with Crippen LogP contribution in [0.2, 0.25) is 0 Å². The standard InChI is InChI=1S/C19H15F3N4O/c20-19(21,22)15-7-1-2-8-16(15)26-18(27)25-12-14-6-4-10-24-17(14)13-5-3-9-23-11-13/h1-11H,12H2,(H2,25,26,27). The van der Waals surface area contributed by atoms with Crippen LogP contribution in [0.15, 0.2) is 67.1 Å². The molecule has 3 aromatic rings. The predicted molar refractivity (Wildman–Crippen MR) is 94.8 cm³/mol. The van der Waals surface area contributed by atoms with Gasteiger partial charge in [-0.15, -0.1) is 0 Å². The monoisotopic (exact) mass is 372 g/mol. The summed E-state index contributed by atoms with van der Waals surface area (Å²) in [6.07, 6.45) is 0.341. The van der Waals surface area contributed by atoms with Crippen LogP contribution in [0.1, 0.15) is 11.1 Å². The van der Waals surface area contributed by atoms with E-state index in [1.54, 1.807) is 36.8 Å². The summed E-state index contributed by atoms with van der Waals surface area (Å²) in [5.41, 5.74) is 0.919. The molecule has 1 aromatic carbocycles. The molecule has 5 nitrogen and oxygen atoms in total. The summed E-state index contributed by atoms with van der Waals surface area (Å²) in [6.45, 7) is 0.0953. The van der Waals surface area contributed by atoms with Crippen LogP contribution < -0.4 is 10.6 Å². The number of carbonyl (C=O) groups excluding carboxylic acids is 1. The van der Waals surface area contributed by atoms with Gasteiger partial charge < -0.3 is 10.6 Å². The number of benzene rings is 1. The van der Waals surface area contributed by atoms with Gasteiger partial charge in [0.15, 0.2) is 0 Å². The van der Waals surface area contributed by atoms with Crippen LogP contribution in [-0.4, -0.2) is 16.0 Å². The first-order valence-corrected chi connectivity index (χ1v) is 8.00. The third kappa shape index (κ3) is 4.60. The molecule has 0 unspecified atom stereocenters. The van der Waals surface area contributed by atoms with Gasteiger partial charge in [0.25, 0.3) is 0 Å². The Hall–Kier alpha value is -3.42. The molecule has 27 heavy (non-hydrogen) atoms. The minimum atomic E-state index is -4.55. The average molecular weight is 372 g/mol. The van der Waals surface area contributed by atoms with Gasteiger partial charge >= 0.3 is 12.2 Å². The number of amides is 2. The topological polar surface area (TPSA) is 66.9 Å². The molecule has 0 spiro atoms. The minimum absolute atomic E-state index is 0.0953. The molecule has 0 saturated heterocycles. The molecular formula is C19H15F3N4O. The molecule has 0 aliphatic rings. The van der Waals surface area contributed by atoms with Crippen LogP contribution in [0.5, 0.6) is 0 Å². The molecule has 0 radical (unpaired) electrons. The highest BCUT2D eigenvalue weighted by molar-refractivity contribution is 5.90. The predicted octanol–water partition coefficient (Wildman–Crippen LogP) is 4.48. The van der Waals surface area contributed by atoms with Gasteiger partial charge in [-0.25, -0.2) is 4.79 Å². The highest BCUT2D eigenvalue weighted by Gasteiger charge is 2.33. The first kappa shape index (κ1) is 18.4. The fourth-order valence-corrected chi connectivity index (χ4v) is 2.53. The number of halogens is 3. The summed E-state index contributed by atoms with van der Waals surface area (Å²) in [7, 11) is 0. The van der Waals surface area contributed by atoms with Crippen molar-refractivity contribution in [2.75, 3.05) is 5.32 Å². The largest absolute Gasteiger partial charge is 0.418 e. The second kappa shape index (κ2) is 7.86. The van der Waals surface area contributed by atoms with Crippen molar-refractivity contribution < 1.29 is 18.0 Å². The lowest BCUT2D eigenvalue weighted by Crippen LogP contribution is -2.29. The Kier molecular flexibility index (Phi) is 5.35. The molecule has 0 bridgehead atoms. The molecule has 138 valence electrons. The van der Waals surface area contributed by atoms with Crippen molar-refractivity contribution in [2.45, 2.75) is 12.7 Å². The number of nitrogens with zero attached hydrogens (tertiary/aromatic N) is 2. The summed E-state index contributed by atoms with van der Waals surface area (Å²) in [5.74, 6) is 0. The van der Waals surface area contributed by atoms with Gasteiger partial charge in [-0.2, -0.15) is 13.2 Å². The van der Waals surface area contributed by atoms with Crippen molar-refractivity contribution in [2.24, 2.45) is 0 Å². The highest BCUT2D eigenvalue weighted by Crippen LogP contribution is 2.34. The van der Waals surface area contributed by atoms with Crippen LogP contribution in [0.3, 0.4) is 0 Å². The molecule has 2 aromatic heterocycles. The number of pyridine rings is 2. The molecule has 0 atom stereocenters. The first-order valence-electron chi connectivity index (χ1n) is 8.00. The van der Waals surface area contributed by atoms with E-state index < -0.39 is 17.8 Å². The highest BCUT2D eigenvalue weighted by atomic mass is 19.4. The summed E-state index contributed by atoms with van der Waals surface area (Å²) < 4.78 is 39.0. The SMILES string of the molecule is O=C(NCc1cccnc1-c1cccnc1)Nc1ccccc1C(F)(F)F. The zero-order valence-electron chi connectivity index (χ0n) is 14.0. The van der Waals surface area contributed by atoms with E-state index in [9.17, 15) is 18.0 Å². The van der Waals surface area contributed by atoms with Gasteiger partial charge in [0.05, 0.1) is 16.9 Å². The van der Waals surface area contributed by atoms with Crippen molar-refractivity contribution in [1.29, 1.82) is 0 Å². The van der Waals surface area contributed by atoms with Gasteiger partial charge in [-0.1, -0.05) is 18.2 Å². The van der Waals surface area contributed by atoms with Crippen LogP contribution in [0.25, 0.3) is 11.3 Å². The third-order valence-corrected chi connectivity index (χ3v) is 3.75. The van der Waals surface area contributed by atoms with Crippen LogP contribution in [-0.2, 0) is 12.7 Å². The maximum Gasteiger partial charge on any atom is 0.418 e. The zero-order valence-corrected chi connectivity index (χ0v) is 14.0. The Balaban J connectivity index is 1.71. The van der Waals surface area contributed by atoms with E-state index in [-0.39, 0.29) is 12.2 Å². The number of alkyl halides is 3. The number of nitrogens with one attached hydrogen (secondary N) is 2. The van der Waals surface area contributed by atoms with Crippen LogP contribution >= 0.6 is 0 Å². The Bertz CT molecular complexity index is 929. The van der Waals surface area contributed by atoms with Gasteiger partial charge in [0, 0.05) is 30.7 Å². The van der Waals surface area contributed by atoms with Gasteiger partial charge in [-0.3, -0.25) is 9.97 Å². The van der Waals surface area contributed by atoms with E-state index in [0.717, 1.165) is 11.6 Å². The summed E-state index contributed by atoms with van der Waals surface area (Å²) >= 11 is 0. The van der Waals surface area contributed by atoms with E-state index in [2.05, 4.69) is 20.6 Å². The molecule has 2 heterocycles. The molecule has 3 rings (SSSR count). The third-order valence-electron chi connectivity index (χ3n) is 3.75. The van der Waals surface area contributed by atoms with Crippen molar-refractivity contribution in [1.82, 2.24) is 15.3 Å². The quantitative estimate of drug-likeness (QED) is 0.709. The molecule has 2 N–H and O–H groups in total. The average Bonchev–Trinajstić information content (AvgIpc) is 2.67. The lowest BCUT2D eigenvalue weighted by atomic mass is 10.1. The number of hydrogen-bond donors (Lipinski definition) is 2. The van der Waals surface area contributed by atoms with Crippen molar-refractivity contribution >= 4 is 11.7 Å². The van der Waals surface area contributed by atoms with Gasteiger partial charge in [-0.05, 0) is 35.9 Å². The molecule has 0 aliphatic carbocycles. The number of urea groups is 1. The molecule has 0 fully saturated rings. The Morgan fingerprint density at radius 3 is 2.52 bits per heavy atom. The zero-order chi connectivity index (χ0) is 19.3. The smallest absolute Gasteiger partial charge is 0.334 e. The van der Waals surface area contributed by atoms with E-state index in [1.165, 1.54) is 18.2 Å². The van der Waals surface area contributed by atoms with Crippen molar-refractivity contribution in [3.8, 4) is 11.3 Å². The lowest BCUT2D eigenvalue weighted by Gasteiger charge is -2.14. The molecule has 8 heteroatoms. The fraction of sp³-hybridized carbons (Fsp3) is 0.105. The molecule has 0 saturated carbocycles. The lowest BCUT2D eigenvalue weighted by molar-refractivity contribution is -0.136. The number of aromatic nitrogens is 2. The van der Waals surface area contributed by atoms with E-state index in [1.807, 2.05) is 6.07 Å². The Morgan fingerprint density at radius 1 is 1.00 bits per heavy atom. The Labute approximate surface area is 153 Å². The summed E-state index contributed by atoms with van der Waals surface area (Å²) in [4.78, 5) is 20.4. The maximum atomic E-state index is 13.0. The van der Waals surface area contributed by atoms with E-state index in [0.29, 0.717) is 11.3 Å². The summed E-state index contributed by atoms with van der Waals surface area (Å²) in [6, 6.07) is 11.2. The van der Waals surface area contributed by atoms with E-state index in [4.69, 9.17) is 0 Å². The van der Waals surface area contributed by atoms with Crippen molar-refractivity contribution in [3.05, 3.63) is 78.2 Å². The fourth-order valence-electron chi connectivity index (χ4n) is 2.53. The van der Waals surface area contributed by atoms with Crippen molar-refractivity contribution in [3.63, 3.8) is 0 Å². The van der Waals surface area contributed by atoms with Gasteiger partial charge in [0.1, 0.15) is 0 Å². The number of rotatable bonds is 4. The number of carbonyl (C=O) groups is 1. The van der Waals surface area contributed by atoms with Crippen LogP contribution in [0.4, 0.5) is 23.7 Å². The number of anilines is 1. The summed E-state index contributed by atoms with van der Waals surface area (Å²) in [5, 5.41) is 4.80. The van der Waals surface area contributed by atoms with E-state index >= 15 is 0 Å². The van der Waals surface area contributed by atoms with Crippen LogP contribution in [0, 0.1) is 0 Å². The van der Waals surface area contributed by atoms with Gasteiger partial charge in [0.2, 0.25) is 0 Å². The maximum absolute atomic E-state index is 13.0. The number of para-hydroxylation sites is 1. The second-order valence-electron chi connectivity index (χ2n) is 5.60. The normalized spacial score (nSPS) is 11.1. The molecule has 2 amide bonds. The molecule has 0 aliphatic heterocycles.